The van der Waals surface area contributed by atoms with Crippen molar-refractivity contribution in [1.29, 1.82) is 0 Å². The summed E-state index contributed by atoms with van der Waals surface area (Å²) in [4.78, 5) is 15.9. The highest BCUT2D eigenvalue weighted by molar-refractivity contribution is 7.99. The molecular weight excluding hydrogens is 276 g/mol. The summed E-state index contributed by atoms with van der Waals surface area (Å²) in [6.07, 6.45) is 0. The summed E-state index contributed by atoms with van der Waals surface area (Å²) in [7, 11) is 0. The molecule has 1 aromatic carbocycles. The number of aryl methyl sites for hydroxylation is 2. The van der Waals surface area contributed by atoms with Crippen LogP contribution in [-0.2, 0) is 10.5 Å². The number of nitrogens with one attached hydrogen (secondary N) is 1. The average Bonchev–Trinajstić information content (AvgIpc) is 2.77. The van der Waals surface area contributed by atoms with Crippen LogP contribution in [0.1, 0.15) is 16.8 Å². The van der Waals surface area contributed by atoms with Gasteiger partial charge in [0.15, 0.2) is 5.13 Å². The second kappa shape index (κ2) is 6.73. The molecule has 5 heteroatoms. The Kier molecular flexibility index (Phi) is 4.99. The molecular formula is C14H16N2OS2. The zero-order chi connectivity index (χ0) is 13.7. The van der Waals surface area contributed by atoms with E-state index < -0.39 is 0 Å². The number of hydrogen-bond donors (Lipinski definition) is 1. The number of carbonyl (C=O) groups excluding carboxylic acids is 1. The molecule has 0 spiro atoms. The Morgan fingerprint density at radius 3 is 2.68 bits per heavy atom. The second-order valence-electron chi connectivity index (χ2n) is 4.32. The molecule has 2 aromatic rings. The number of amides is 1. The van der Waals surface area contributed by atoms with Gasteiger partial charge in [-0.1, -0.05) is 29.8 Å². The van der Waals surface area contributed by atoms with Crippen LogP contribution in [0.3, 0.4) is 0 Å². The van der Waals surface area contributed by atoms with Crippen LogP contribution < -0.4 is 5.32 Å². The van der Waals surface area contributed by atoms with E-state index in [1.165, 1.54) is 22.5 Å². The van der Waals surface area contributed by atoms with Gasteiger partial charge in [-0.3, -0.25) is 4.79 Å². The van der Waals surface area contributed by atoms with Crippen molar-refractivity contribution in [3.63, 3.8) is 0 Å². The first kappa shape index (κ1) is 14.1. The molecule has 0 fully saturated rings. The summed E-state index contributed by atoms with van der Waals surface area (Å²) < 4.78 is 0. The van der Waals surface area contributed by atoms with E-state index in [1.54, 1.807) is 11.8 Å². The van der Waals surface area contributed by atoms with Crippen molar-refractivity contribution in [1.82, 2.24) is 4.98 Å². The molecule has 0 saturated carbocycles. The standard InChI is InChI=1S/C14H16N2OS2/c1-10-3-5-12(6-4-10)8-18-9-13(17)16-14-15-11(2)7-19-14/h3-7H,8-9H2,1-2H3,(H,15,16,17). The van der Waals surface area contributed by atoms with Crippen molar-refractivity contribution < 1.29 is 4.79 Å². The van der Waals surface area contributed by atoms with Crippen molar-refractivity contribution in [2.24, 2.45) is 0 Å². The molecule has 0 aliphatic heterocycles. The summed E-state index contributed by atoms with van der Waals surface area (Å²) in [5, 5.41) is 5.41. The maximum Gasteiger partial charge on any atom is 0.236 e. The molecule has 0 unspecified atom stereocenters. The van der Waals surface area contributed by atoms with E-state index in [0.717, 1.165) is 11.4 Å². The van der Waals surface area contributed by atoms with Gasteiger partial charge in [-0.25, -0.2) is 4.98 Å². The van der Waals surface area contributed by atoms with Crippen LogP contribution in [0, 0.1) is 13.8 Å². The minimum absolute atomic E-state index is 0.00598. The number of aromatic nitrogens is 1. The predicted molar refractivity (Wildman–Crippen MR) is 82.8 cm³/mol. The number of hydrogen-bond acceptors (Lipinski definition) is 4. The molecule has 0 bridgehead atoms. The van der Waals surface area contributed by atoms with Gasteiger partial charge >= 0.3 is 0 Å². The number of carbonyl (C=O) groups is 1. The molecule has 0 aliphatic rings. The third-order valence-corrected chi connectivity index (χ3v) is 4.37. The fourth-order valence-corrected chi connectivity index (χ4v) is 3.00. The number of anilines is 1. The average molecular weight is 292 g/mol. The molecule has 2 rings (SSSR count). The lowest BCUT2D eigenvalue weighted by atomic mass is 10.2. The highest BCUT2D eigenvalue weighted by atomic mass is 32.2. The molecule has 1 amide bonds. The summed E-state index contributed by atoms with van der Waals surface area (Å²) in [5.41, 5.74) is 3.44. The van der Waals surface area contributed by atoms with Crippen LogP contribution in [0.15, 0.2) is 29.6 Å². The molecule has 3 nitrogen and oxygen atoms in total. The van der Waals surface area contributed by atoms with E-state index in [9.17, 15) is 4.79 Å². The lowest BCUT2D eigenvalue weighted by molar-refractivity contribution is -0.113. The van der Waals surface area contributed by atoms with Crippen molar-refractivity contribution in [2.75, 3.05) is 11.1 Å². The number of benzene rings is 1. The van der Waals surface area contributed by atoms with E-state index >= 15 is 0 Å². The first-order valence-electron chi connectivity index (χ1n) is 5.99. The Hall–Kier alpha value is -1.33. The molecule has 0 radical (unpaired) electrons. The van der Waals surface area contributed by atoms with Crippen molar-refractivity contribution in [2.45, 2.75) is 19.6 Å². The fraction of sp³-hybridized carbons (Fsp3) is 0.286. The third-order valence-electron chi connectivity index (χ3n) is 2.49. The Bertz CT molecular complexity index is 549. The monoisotopic (exact) mass is 292 g/mol. The van der Waals surface area contributed by atoms with E-state index in [-0.39, 0.29) is 5.91 Å². The van der Waals surface area contributed by atoms with E-state index in [4.69, 9.17) is 0 Å². The molecule has 1 aromatic heterocycles. The maximum absolute atomic E-state index is 11.7. The maximum atomic E-state index is 11.7. The van der Waals surface area contributed by atoms with Crippen LogP contribution >= 0.6 is 23.1 Å². The van der Waals surface area contributed by atoms with E-state index in [1.807, 2.05) is 12.3 Å². The minimum Gasteiger partial charge on any atom is -0.301 e. The third kappa shape index (κ3) is 4.69. The van der Waals surface area contributed by atoms with Crippen LogP contribution in [0.25, 0.3) is 0 Å². The summed E-state index contributed by atoms with van der Waals surface area (Å²) in [5.74, 6) is 1.31. The summed E-state index contributed by atoms with van der Waals surface area (Å²) in [6, 6.07) is 8.39. The SMILES string of the molecule is Cc1ccc(CSCC(=O)Nc2nc(C)cs2)cc1. The molecule has 0 atom stereocenters. The molecule has 0 saturated heterocycles. The second-order valence-corrected chi connectivity index (χ2v) is 6.16. The largest absolute Gasteiger partial charge is 0.301 e. The highest BCUT2D eigenvalue weighted by Gasteiger charge is 2.05. The van der Waals surface area contributed by atoms with Gasteiger partial charge in [0.1, 0.15) is 0 Å². The fourth-order valence-electron chi connectivity index (χ4n) is 1.51. The Balaban J connectivity index is 1.73. The molecule has 1 N–H and O–H groups in total. The van der Waals surface area contributed by atoms with Gasteiger partial charge in [-0.2, -0.15) is 0 Å². The van der Waals surface area contributed by atoms with Gasteiger partial charge in [0, 0.05) is 11.1 Å². The van der Waals surface area contributed by atoms with Crippen molar-refractivity contribution in [3.05, 3.63) is 46.5 Å². The number of rotatable bonds is 5. The molecule has 100 valence electrons. The first-order valence-corrected chi connectivity index (χ1v) is 8.02. The summed E-state index contributed by atoms with van der Waals surface area (Å²) >= 11 is 3.07. The summed E-state index contributed by atoms with van der Waals surface area (Å²) in [6.45, 7) is 3.98. The first-order chi connectivity index (χ1) is 9.13. The zero-order valence-corrected chi connectivity index (χ0v) is 12.6. The van der Waals surface area contributed by atoms with Crippen molar-refractivity contribution >= 4 is 34.1 Å². The van der Waals surface area contributed by atoms with Crippen molar-refractivity contribution in [3.8, 4) is 0 Å². The van der Waals surface area contributed by atoms with Crippen LogP contribution in [0.5, 0.6) is 0 Å². The van der Waals surface area contributed by atoms with E-state index in [0.29, 0.717) is 10.9 Å². The van der Waals surface area contributed by atoms with Gasteiger partial charge < -0.3 is 5.32 Å². The quantitative estimate of drug-likeness (QED) is 0.915. The normalized spacial score (nSPS) is 10.4. The number of thiazole rings is 1. The Morgan fingerprint density at radius 2 is 2.05 bits per heavy atom. The topological polar surface area (TPSA) is 42.0 Å². The molecule has 1 heterocycles. The lowest BCUT2D eigenvalue weighted by Crippen LogP contribution is -2.13. The molecule has 0 aliphatic carbocycles. The Labute approximate surface area is 121 Å². The smallest absolute Gasteiger partial charge is 0.236 e. The predicted octanol–water partition coefficient (Wildman–Crippen LogP) is 3.63. The van der Waals surface area contributed by atoms with Crippen LogP contribution in [0.2, 0.25) is 0 Å². The Morgan fingerprint density at radius 1 is 1.32 bits per heavy atom. The van der Waals surface area contributed by atoms with E-state index in [2.05, 4.69) is 41.5 Å². The zero-order valence-electron chi connectivity index (χ0n) is 11.0. The van der Waals surface area contributed by atoms with Crippen LogP contribution in [0.4, 0.5) is 5.13 Å². The highest BCUT2D eigenvalue weighted by Crippen LogP contribution is 2.16. The van der Waals surface area contributed by atoms with Gasteiger partial charge in [-0.15, -0.1) is 23.1 Å². The van der Waals surface area contributed by atoms with Crippen LogP contribution in [-0.4, -0.2) is 16.6 Å². The number of nitrogens with zero attached hydrogens (tertiary/aromatic N) is 1. The van der Waals surface area contributed by atoms with Gasteiger partial charge in [0.2, 0.25) is 5.91 Å². The minimum atomic E-state index is 0.00598. The molecule has 19 heavy (non-hydrogen) atoms. The number of thioether (sulfide) groups is 1. The van der Waals surface area contributed by atoms with Gasteiger partial charge in [0.25, 0.3) is 0 Å². The van der Waals surface area contributed by atoms with Gasteiger partial charge in [-0.05, 0) is 19.4 Å². The van der Waals surface area contributed by atoms with Gasteiger partial charge in [0.05, 0.1) is 11.4 Å². The lowest BCUT2D eigenvalue weighted by Gasteiger charge is -2.03.